The molecule has 0 spiro atoms. The Morgan fingerprint density at radius 3 is 2.40 bits per heavy atom. The minimum atomic E-state index is -3.81. The van der Waals surface area contributed by atoms with Crippen LogP contribution in [0.3, 0.4) is 0 Å². The van der Waals surface area contributed by atoms with Crippen molar-refractivity contribution in [2.75, 3.05) is 0 Å². The molecule has 0 N–H and O–H groups in total. The van der Waals surface area contributed by atoms with Crippen LogP contribution in [0.4, 0.5) is 0 Å². The van der Waals surface area contributed by atoms with Crippen molar-refractivity contribution in [2.45, 2.75) is 10.9 Å². The molecule has 0 radical (unpaired) electrons. The van der Waals surface area contributed by atoms with Crippen LogP contribution in [0.1, 0.15) is 5.56 Å². The molecule has 8 nitrogen and oxygen atoms in total. The highest BCUT2D eigenvalue weighted by molar-refractivity contribution is 9.10. The van der Waals surface area contributed by atoms with E-state index in [1.165, 1.54) is 25.7 Å². The Bertz CT molecular complexity index is 1220. The number of hydrogen-bond donors (Lipinski definition) is 0. The standard InChI is InChI=1S/C15H15BrN4O4S/c1-18-11-12(19(2)15(22)20(3)13(11)21)17-14(18)25(23,24)8-9-5-4-6-10(16)7-9/h4-7H,8H2,1-3H3. The van der Waals surface area contributed by atoms with Gasteiger partial charge in [-0.25, -0.2) is 13.2 Å². The summed E-state index contributed by atoms with van der Waals surface area (Å²) in [7, 11) is 0.425. The second-order valence-electron chi connectivity index (χ2n) is 5.72. The number of rotatable bonds is 3. The molecule has 10 heteroatoms. The molecule has 2 aromatic heterocycles. The van der Waals surface area contributed by atoms with E-state index < -0.39 is 21.1 Å². The SMILES string of the molecule is Cn1c(=O)c2c(nc(S(=O)(=O)Cc3cccc(Br)c3)n2C)n(C)c1=O. The van der Waals surface area contributed by atoms with E-state index in [1.807, 2.05) is 0 Å². The number of sulfone groups is 1. The minimum absolute atomic E-state index is 0.0448. The van der Waals surface area contributed by atoms with Crippen LogP contribution in [-0.4, -0.2) is 27.1 Å². The minimum Gasteiger partial charge on any atom is -0.312 e. The van der Waals surface area contributed by atoms with Crippen LogP contribution in [0, 0.1) is 0 Å². The first-order valence-electron chi connectivity index (χ1n) is 7.23. The van der Waals surface area contributed by atoms with E-state index in [9.17, 15) is 18.0 Å². The number of aromatic nitrogens is 4. The molecule has 0 aliphatic carbocycles. The number of halogens is 1. The van der Waals surface area contributed by atoms with Gasteiger partial charge in [0.15, 0.2) is 11.2 Å². The van der Waals surface area contributed by atoms with E-state index in [0.29, 0.717) is 5.56 Å². The van der Waals surface area contributed by atoms with E-state index >= 15 is 0 Å². The molecule has 2 heterocycles. The van der Waals surface area contributed by atoms with Crippen molar-refractivity contribution in [1.82, 2.24) is 18.7 Å². The lowest BCUT2D eigenvalue weighted by molar-refractivity contribution is 0.579. The van der Waals surface area contributed by atoms with Gasteiger partial charge in [-0.3, -0.25) is 13.9 Å². The Balaban J connectivity index is 2.24. The zero-order chi connectivity index (χ0) is 18.5. The zero-order valence-corrected chi connectivity index (χ0v) is 16.1. The predicted octanol–water partition coefficient (Wildman–Crippen LogP) is 0.707. The van der Waals surface area contributed by atoms with Crippen LogP contribution >= 0.6 is 15.9 Å². The summed E-state index contributed by atoms with van der Waals surface area (Å²) in [6.07, 6.45) is 0. The van der Waals surface area contributed by atoms with Crippen molar-refractivity contribution < 1.29 is 8.42 Å². The fourth-order valence-corrected chi connectivity index (χ4v) is 4.62. The number of aryl methyl sites for hydroxylation is 2. The third-order valence-corrected chi connectivity index (χ3v) is 6.09. The quantitative estimate of drug-likeness (QED) is 0.614. The van der Waals surface area contributed by atoms with Gasteiger partial charge < -0.3 is 4.57 Å². The van der Waals surface area contributed by atoms with E-state index in [2.05, 4.69) is 20.9 Å². The maximum absolute atomic E-state index is 12.8. The summed E-state index contributed by atoms with van der Waals surface area (Å²) in [5.41, 5.74) is -0.451. The van der Waals surface area contributed by atoms with E-state index in [4.69, 9.17) is 0 Å². The molecule has 25 heavy (non-hydrogen) atoms. The molecule has 3 aromatic rings. The molecule has 0 atom stereocenters. The van der Waals surface area contributed by atoms with Crippen molar-refractivity contribution in [1.29, 1.82) is 0 Å². The monoisotopic (exact) mass is 426 g/mol. The summed E-state index contributed by atoms with van der Waals surface area (Å²) in [4.78, 5) is 28.5. The van der Waals surface area contributed by atoms with Crippen LogP contribution in [0.15, 0.2) is 43.5 Å². The average molecular weight is 427 g/mol. The molecule has 3 rings (SSSR count). The van der Waals surface area contributed by atoms with Crippen LogP contribution < -0.4 is 11.2 Å². The van der Waals surface area contributed by atoms with Gasteiger partial charge in [0.25, 0.3) is 5.56 Å². The van der Waals surface area contributed by atoms with Gasteiger partial charge in [-0.15, -0.1) is 0 Å². The number of benzene rings is 1. The third-order valence-electron chi connectivity index (χ3n) is 3.96. The summed E-state index contributed by atoms with van der Waals surface area (Å²) >= 11 is 3.31. The highest BCUT2D eigenvalue weighted by atomic mass is 79.9. The van der Waals surface area contributed by atoms with Crippen LogP contribution in [0.2, 0.25) is 0 Å². The van der Waals surface area contributed by atoms with Gasteiger partial charge in [0, 0.05) is 25.6 Å². The number of imidazole rings is 1. The normalized spacial score (nSPS) is 12.0. The number of hydrogen-bond acceptors (Lipinski definition) is 5. The topological polar surface area (TPSA) is 96.0 Å². The summed E-state index contributed by atoms with van der Waals surface area (Å²) in [5.74, 6) is -0.266. The van der Waals surface area contributed by atoms with Crippen molar-refractivity contribution in [3.63, 3.8) is 0 Å². The maximum atomic E-state index is 12.8. The van der Waals surface area contributed by atoms with E-state index in [0.717, 1.165) is 13.6 Å². The van der Waals surface area contributed by atoms with Crippen molar-refractivity contribution in [3.05, 3.63) is 55.1 Å². The first-order valence-corrected chi connectivity index (χ1v) is 9.67. The van der Waals surface area contributed by atoms with E-state index in [-0.39, 0.29) is 22.1 Å². The Labute approximate surface area is 151 Å². The van der Waals surface area contributed by atoms with E-state index in [1.54, 1.807) is 24.3 Å². The molecule has 132 valence electrons. The molecule has 0 aliphatic rings. The van der Waals surface area contributed by atoms with Gasteiger partial charge in [-0.05, 0) is 17.7 Å². The molecule has 0 bridgehead atoms. The fourth-order valence-electron chi connectivity index (χ4n) is 2.69. The number of nitrogens with zero attached hydrogens (tertiary/aromatic N) is 4. The Hall–Kier alpha value is -2.20. The summed E-state index contributed by atoms with van der Waals surface area (Å²) in [6.45, 7) is 0. The second-order valence-corrected chi connectivity index (χ2v) is 8.52. The molecular weight excluding hydrogens is 412 g/mol. The molecule has 1 aromatic carbocycles. The largest absolute Gasteiger partial charge is 0.332 e. The average Bonchev–Trinajstić information content (AvgIpc) is 2.89. The molecule has 0 amide bonds. The van der Waals surface area contributed by atoms with Gasteiger partial charge in [0.05, 0.1) is 5.75 Å². The highest BCUT2D eigenvalue weighted by Crippen LogP contribution is 2.20. The molecule has 0 fully saturated rings. The molecule has 0 aliphatic heterocycles. The summed E-state index contributed by atoms with van der Waals surface area (Å²) in [6, 6.07) is 6.93. The lowest BCUT2D eigenvalue weighted by Gasteiger charge is -2.05. The summed E-state index contributed by atoms with van der Waals surface area (Å²) < 4.78 is 29.7. The maximum Gasteiger partial charge on any atom is 0.332 e. The van der Waals surface area contributed by atoms with Gasteiger partial charge >= 0.3 is 5.69 Å². The van der Waals surface area contributed by atoms with Gasteiger partial charge in [-0.2, -0.15) is 4.98 Å². The number of fused-ring (bicyclic) bond motifs is 1. The summed E-state index contributed by atoms with van der Waals surface area (Å²) in [5, 5.41) is -0.249. The Kier molecular flexibility index (Phi) is 4.20. The molecule has 0 saturated carbocycles. The first kappa shape index (κ1) is 17.6. The molecule has 0 saturated heterocycles. The van der Waals surface area contributed by atoms with Crippen molar-refractivity contribution in [2.24, 2.45) is 21.1 Å². The van der Waals surface area contributed by atoms with Gasteiger partial charge in [-0.1, -0.05) is 28.1 Å². The highest BCUT2D eigenvalue weighted by Gasteiger charge is 2.26. The third kappa shape index (κ3) is 2.85. The first-order chi connectivity index (χ1) is 11.6. The molecule has 0 unspecified atom stereocenters. The molecular formula is C15H15BrN4O4S. The lowest BCUT2D eigenvalue weighted by atomic mass is 10.2. The Morgan fingerprint density at radius 1 is 1.08 bits per heavy atom. The van der Waals surface area contributed by atoms with Crippen LogP contribution in [0.25, 0.3) is 11.2 Å². The smallest absolute Gasteiger partial charge is 0.312 e. The van der Waals surface area contributed by atoms with Gasteiger partial charge in [0.2, 0.25) is 15.0 Å². The van der Waals surface area contributed by atoms with Crippen molar-refractivity contribution >= 4 is 36.9 Å². The van der Waals surface area contributed by atoms with Gasteiger partial charge in [0.1, 0.15) is 0 Å². The predicted molar refractivity (Wildman–Crippen MR) is 96.2 cm³/mol. The van der Waals surface area contributed by atoms with Crippen molar-refractivity contribution in [3.8, 4) is 0 Å². The zero-order valence-electron chi connectivity index (χ0n) is 13.7. The lowest BCUT2D eigenvalue weighted by Crippen LogP contribution is -2.37. The van der Waals surface area contributed by atoms with Crippen LogP contribution in [0.5, 0.6) is 0 Å². The fraction of sp³-hybridized carbons (Fsp3) is 0.267. The second kappa shape index (κ2) is 5.95. The Morgan fingerprint density at radius 2 is 1.76 bits per heavy atom. The van der Waals surface area contributed by atoms with Crippen LogP contribution in [-0.2, 0) is 36.7 Å².